The lowest BCUT2D eigenvalue weighted by molar-refractivity contribution is -0.141. The smallest absolute Gasteiger partial charge is 0.307 e. The van der Waals surface area contributed by atoms with Crippen molar-refractivity contribution in [3.8, 4) is 12.3 Å². The summed E-state index contributed by atoms with van der Waals surface area (Å²) in [6.07, 6.45) is 5.67. The Hall–Kier alpha value is -0.780. The Morgan fingerprint density at radius 2 is 2.13 bits per heavy atom. The highest BCUT2D eigenvalue weighted by molar-refractivity contribution is 7.58. The topological polar surface area (TPSA) is 52.6 Å². The first-order chi connectivity index (χ1) is 7.08. The molecule has 0 bridgehead atoms. The molecule has 0 amide bonds. The fourth-order valence-corrected chi connectivity index (χ4v) is 2.63. The molecule has 0 radical (unpaired) electrons. The van der Waals surface area contributed by atoms with Crippen molar-refractivity contribution in [3.05, 3.63) is 0 Å². The molecule has 0 aliphatic carbocycles. The second-order valence-corrected chi connectivity index (χ2v) is 5.85. The molecular formula is C10H17O4P. The highest BCUT2D eigenvalue weighted by Crippen LogP contribution is 2.46. The van der Waals surface area contributed by atoms with Gasteiger partial charge in [-0.05, 0) is 6.92 Å². The van der Waals surface area contributed by atoms with E-state index in [9.17, 15) is 9.36 Å². The number of terminal acetylenes is 1. The van der Waals surface area contributed by atoms with Gasteiger partial charge in [-0.3, -0.25) is 9.36 Å². The molecule has 0 saturated carbocycles. The van der Waals surface area contributed by atoms with Crippen LogP contribution in [-0.4, -0.2) is 31.5 Å². The van der Waals surface area contributed by atoms with Crippen molar-refractivity contribution in [2.75, 3.05) is 25.5 Å². The third kappa shape index (κ3) is 6.33. The van der Waals surface area contributed by atoms with E-state index in [2.05, 4.69) is 10.7 Å². The normalized spacial score (nSPS) is 13.9. The maximum absolute atomic E-state index is 11.9. The number of hydrogen-bond acceptors (Lipinski definition) is 4. The van der Waals surface area contributed by atoms with Gasteiger partial charge in [-0.1, -0.05) is 12.8 Å². The first kappa shape index (κ1) is 14.2. The number of carbonyl (C=O) groups is 1. The fraction of sp³-hybridized carbons (Fsp3) is 0.700. The van der Waals surface area contributed by atoms with Crippen LogP contribution in [0.3, 0.4) is 0 Å². The van der Waals surface area contributed by atoms with Gasteiger partial charge in [0.2, 0.25) is 7.37 Å². The molecule has 86 valence electrons. The molecule has 0 aromatic rings. The van der Waals surface area contributed by atoms with E-state index in [1.54, 1.807) is 13.8 Å². The van der Waals surface area contributed by atoms with Crippen LogP contribution in [0.1, 0.15) is 20.3 Å². The second-order valence-electron chi connectivity index (χ2n) is 2.89. The molecule has 0 aliphatic rings. The summed E-state index contributed by atoms with van der Waals surface area (Å²) >= 11 is 0. The summed E-state index contributed by atoms with van der Waals surface area (Å²) in [5.41, 5.74) is 0. The molecule has 0 aliphatic heterocycles. The fourth-order valence-electron chi connectivity index (χ4n) is 1.01. The predicted molar refractivity (Wildman–Crippen MR) is 59.0 cm³/mol. The summed E-state index contributed by atoms with van der Waals surface area (Å²) in [4.78, 5) is 11.1. The molecular weight excluding hydrogens is 215 g/mol. The SMILES string of the molecule is C#CCOC(=O)CCP(=O)(CC)OCC. The highest BCUT2D eigenvalue weighted by Gasteiger charge is 2.21. The Morgan fingerprint density at radius 3 is 2.60 bits per heavy atom. The summed E-state index contributed by atoms with van der Waals surface area (Å²) in [7, 11) is -2.64. The van der Waals surface area contributed by atoms with Crippen molar-refractivity contribution in [2.24, 2.45) is 0 Å². The van der Waals surface area contributed by atoms with Crippen LogP contribution in [-0.2, 0) is 18.6 Å². The van der Waals surface area contributed by atoms with Crippen molar-refractivity contribution in [1.82, 2.24) is 0 Å². The summed E-state index contributed by atoms with van der Waals surface area (Å²) in [5, 5.41) is 0. The highest BCUT2D eigenvalue weighted by atomic mass is 31.2. The predicted octanol–water partition coefficient (Wildman–Crippen LogP) is 1.89. The Balaban J connectivity index is 3.96. The van der Waals surface area contributed by atoms with E-state index >= 15 is 0 Å². The Labute approximate surface area is 90.8 Å². The van der Waals surface area contributed by atoms with Gasteiger partial charge in [0.05, 0.1) is 13.0 Å². The largest absolute Gasteiger partial charge is 0.452 e. The zero-order chi connectivity index (χ0) is 11.7. The molecule has 0 aromatic heterocycles. The molecule has 15 heavy (non-hydrogen) atoms. The Kier molecular flexibility index (Phi) is 7.11. The number of esters is 1. The van der Waals surface area contributed by atoms with Gasteiger partial charge in [-0.25, -0.2) is 0 Å². The average Bonchev–Trinajstić information content (AvgIpc) is 2.24. The van der Waals surface area contributed by atoms with Crippen LogP contribution in [0, 0.1) is 12.3 Å². The van der Waals surface area contributed by atoms with Crippen LogP contribution in [0.2, 0.25) is 0 Å². The number of rotatable bonds is 7. The van der Waals surface area contributed by atoms with E-state index in [0.29, 0.717) is 12.8 Å². The van der Waals surface area contributed by atoms with Crippen molar-refractivity contribution < 1.29 is 18.6 Å². The number of ether oxygens (including phenoxy) is 1. The van der Waals surface area contributed by atoms with Crippen molar-refractivity contribution >= 4 is 13.3 Å². The van der Waals surface area contributed by atoms with Gasteiger partial charge in [-0.15, -0.1) is 6.42 Å². The maximum atomic E-state index is 11.9. The molecule has 1 unspecified atom stereocenters. The first-order valence-corrected chi connectivity index (χ1v) is 6.89. The Bertz CT molecular complexity index is 280. The third-order valence-electron chi connectivity index (χ3n) is 1.82. The van der Waals surface area contributed by atoms with Crippen LogP contribution in [0.15, 0.2) is 0 Å². The van der Waals surface area contributed by atoms with Gasteiger partial charge in [0.25, 0.3) is 0 Å². The van der Waals surface area contributed by atoms with Crippen LogP contribution in [0.5, 0.6) is 0 Å². The second kappa shape index (κ2) is 7.50. The molecule has 1 atom stereocenters. The van der Waals surface area contributed by atoms with Gasteiger partial charge in [0, 0.05) is 12.3 Å². The van der Waals surface area contributed by atoms with Crippen molar-refractivity contribution in [2.45, 2.75) is 20.3 Å². The standard InChI is InChI=1S/C10H17O4P/c1-4-8-13-10(11)7-9-15(12,6-3)14-5-2/h1H,5-9H2,2-3H3. The van der Waals surface area contributed by atoms with Gasteiger partial charge >= 0.3 is 5.97 Å². The lowest BCUT2D eigenvalue weighted by Crippen LogP contribution is -2.08. The zero-order valence-electron chi connectivity index (χ0n) is 9.19. The monoisotopic (exact) mass is 232 g/mol. The van der Waals surface area contributed by atoms with Crippen molar-refractivity contribution in [1.29, 1.82) is 0 Å². The molecule has 0 heterocycles. The minimum Gasteiger partial charge on any atom is -0.452 e. The lowest BCUT2D eigenvalue weighted by Gasteiger charge is -2.14. The summed E-state index contributed by atoms with van der Waals surface area (Å²) in [6, 6.07) is 0. The van der Waals surface area contributed by atoms with E-state index in [1.165, 1.54) is 0 Å². The quantitative estimate of drug-likeness (QED) is 0.382. The minimum absolute atomic E-state index is 0.0378. The van der Waals surface area contributed by atoms with Crippen LogP contribution in [0.4, 0.5) is 0 Å². The van der Waals surface area contributed by atoms with Gasteiger partial charge in [-0.2, -0.15) is 0 Å². The van der Waals surface area contributed by atoms with E-state index in [1.807, 2.05) is 0 Å². The molecule has 0 aromatic carbocycles. The van der Waals surface area contributed by atoms with Crippen LogP contribution >= 0.6 is 7.37 Å². The van der Waals surface area contributed by atoms with E-state index in [4.69, 9.17) is 10.9 Å². The van der Waals surface area contributed by atoms with Crippen molar-refractivity contribution in [3.63, 3.8) is 0 Å². The zero-order valence-corrected chi connectivity index (χ0v) is 10.1. The van der Waals surface area contributed by atoms with E-state index in [-0.39, 0.29) is 19.2 Å². The lowest BCUT2D eigenvalue weighted by atomic mass is 10.5. The molecule has 0 fully saturated rings. The van der Waals surface area contributed by atoms with Gasteiger partial charge in [0.15, 0.2) is 6.61 Å². The minimum atomic E-state index is -2.64. The maximum Gasteiger partial charge on any atom is 0.307 e. The summed E-state index contributed by atoms with van der Waals surface area (Å²) in [6.45, 7) is 3.91. The van der Waals surface area contributed by atoms with Gasteiger partial charge in [0.1, 0.15) is 0 Å². The number of hydrogen-bond donors (Lipinski definition) is 0. The average molecular weight is 232 g/mol. The van der Waals surface area contributed by atoms with Gasteiger partial charge < -0.3 is 9.26 Å². The molecule has 5 heteroatoms. The summed E-state index contributed by atoms with van der Waals surface area (Å²) in [5.74, 6) is 1.76. The molecule has 0 saturated heterocycles. The molecule has 0 N–H and O–H groups in total. The van der Waals surface area contributed by atoms with Crippen LogP contribution < -0.4 is 0 Å². The number of carbonyl (C=O) groups excluding carboxylic acids is 1. The first-order valence-electron chi connectivity index (χ1n) is 4.89. The van der Waals surface area contributed by atoms with E-state index < -0.39 is 13.3 Å². The van der Waals surface area contributed by atoms with Crippen LogP contribution in [0.25, 0.3) is 0 Å². The Morgan fingerprint density at radius 1 is 1.47 bits per heavy atom. The molecule has 4 nitrogen and oxygen atoms in total. The summed E-state index contributed by atoms with van der Waals surface area (Å²) < 4.78 is 21.7. The third-order valence-corrected chi connectivity index (χ3v) is 4.42. The molecule has 0 spiro atoms. The molecule has 0 rings (SSSR count). The van der Waals surface area contributed by atoms with E-state index in [0.717, 1.165) is 0 Å².